The third-order valence-corrected chi connectivity index (χ3v) is 4.54. The predicted molar refractivity (Wildman–Crippen MR) is 70.2 cm³/mol. The zero-order chi connectivity index (χ0) is 11.8. The minimum absolute atomic E-state index is 0.574. The fourth-order valence-electron chi connectivity index (χ4n) is 3.52. The molecule has 3 atom stereocenters. The molecule has 0 amide bonds. The van der Waals surface area contributed by atoms with Crippen LogP contribution in [0.2, 0.25) is 0 Å². The maximum absolute atomic E-state index is 5.93. The standard InChI is InChI=1S/C16H22O/c1-11-5-6-13(12(2)8-11)9-15-10-14-4-3-7-17-16(14)15/h5-6,8,14-16H,3-4,7,9-10H2,1-2H3/t14-,15+,16-/m1/s1. The van der Waals surface area contributed by atoms with E-state index in [9.17, 15) is 0 Å². The van der Waals surface area contributed by atoms with Crippen LogP contribution < -0.4 is 0 Å². The zero-order valence-electron chi connectivity index (χ0n) is 10.9. The second-order valence-electron chi connectivity index (χ2n) is 5.87. The summed E-state index contributed by atoms with van der Waals surface area (Å²) in [5.41, 5.74) is 4.34. The Kier molecular flexibility index (Phi) is 2.96. The number of fused-ring (bicyclic) bond motifs is 1. The fraction of sp³-hybridized carbons (Fsp3) is 0.625. The van der Waals surface area contributed by atoms with Crippen molar-refractivity contribution in [3.8, 4) is 0 Å². The average molecular weight is 230 g/mol. The molecule has 1 aliphatic carbocycles. The average Bonchev–Trinajstić information content (AvgIpc) is 2.28. The Morgan fingerprint density at radius 2 is 2.18 bits per heavy atom. The fourth-order valence-corrected chi connectivity index (χ4v) is 3.52. The molecule has 1 aromatic rings. The topological polar surface area (TPSA) is 9.23 Å². The zero-order valence-corrected chi connectivity index (χ0v) is 10.9. The van der Waals surface area contributed by atoms with Crippen molar-refractivity contribution in [3.05, 3.63) is 34.9 Å². The van der Waals surface area contributed by atoms with Crippen LogP contribution in [-0.2, 0) is 11.2 Å². The van der Waals surface area contributed by atoms with E-state index in [-0.39, 0.29) is 0 Å². The first-order valence-corrected chi connectivity index (χ1v) is 6.92. The van der Waals surface area contributed by atoms with Crippen molar-refractivity contribution >= 4 is 0 Å². The molecule has 0 aromatic heterocycles. The van der Waals surface area contributed by atoms with Crippen molar-refractivity contribution in [1.82, 2.24) is 0 Å². The van der Waals surface area contributed by atoms with Gasteiger partial charge in [-0.1, -0.05) is 23.8 Å². The lowest BCUT2D eigenvalue weighted by Gasteiger charge is -2.47. The molecule has 1 saturated carbocycles. The van der Waals surface area contributed by atoms with Crippen LogP contribution in [0.4, 0.5) is 0 Å². The summed E-state index contributed by atoms with van der Waals surface area (Å²) in [6.07, 6.45) is 5.85. The van der Waals surface area contributed by atoms with E-state index < -0.39 is 0 Å². The van der Waals surface area contributed by atoms with Gasteiger partial charge in [-0.05, 0) is 62.5 Å². The Hall–Kier alpha value is -0.820. The van der Waals surface area contributed by atoms with E-state index in [1.807, 2.05) is 0 Å². The Morgan fingerprint density at radius 3 is 2.94 bits per heavy atom. The Bertz CT molecular complexity index is 410. The highest BCUT2D eigenvalue weighted by atomic mass is 16.5. The van der Waals surface area contributed by atoms with Gasteiger partial charge in [-0.15, -0.1) is 0 Å². The van der Waals surface area contributed by atoms with Gasteiger partial charge in [-0.25, -0.2) is 0 Å². The Labute approximate surface area is 104 Å². The molecule has 1 saturated heterocycles. The summed E-state index contributed by atoms with van der Waals surface area (Å²) in [4.78, 5) is 0. The Morgan fingerprint density at radius 1 is 1.29 bits per heavy atom. The highest BCUT2D eigenvalue weighted by Crippen LogP contribution is 2.44. The number of rotatable bonds is 2. The maximum Gasteiger partial charge on any atom is 0.0634 e. The third-order valence-electron chi connectivity index (χ3n) is 4.54. The molecule has 17 heavy (non-hydrogen) atoms. The van der Waals surface area contributed by atoms with Gasteiger partial charge in [0.1, 0.15) is 0 Å². The van der Waals surface area contributed by atoms with Gasteiger partial charge in [-0.3, -0.25) is 0 Å². The monoisotopic (exact) mass is 230 g/mol. The molecule has 1 nitrogen and oxygen atoms in total. The largest absolute Gasteiger partial charge is 0.378 e. The van der Waals surface area contributed by atoms with Gasteiger partial charge in [0.2, 0.25) is 0 Å². The molecular formula is C16H22O. The van der Waals surface area contributed by atoms with Crippen LogP contribution in [-0.4, -0.2) is 12.7 Å². The van der Waals surface area contributed by atoms with E-state index >= 15 is 0 Å². The lowest BCUT2D eigenvalue weighted by atomic mass is 9.66. The minimum Gasteiger partial charge on any atom is -0.378 e. The quantitative estimate of drug-likeness (QED) is 0.753. The van der Waals surface area contributed by atoms with Gasteiger partial charge in [-0.2, -0.15) is 0 Å². The molecule has 1 heteroatoms. The van der Waals surface area contributed by atoms with Gasteiger partial charge in [0.05, 0.1) is 6.10 Å². The molecule has 0 radical (unpaired) electrons. The van der Waals surface area contributed by atoms with E-state index in [1.165, 1.54) is 42.4 Å². The van der Waals surface area contributed by atoms with Gasteiger partial charge >= 0.3 is 0 Å². The van der Waals surface area contributed by atoms with Crippen molar-refractivity contribution in [2.75, 3.05) is 6.61 Å². The molecule has 0 N–H and O–H groups in total. The first-order valence-electron chi connectivity index (χ1n) is 6.92. The number of aryl methyl sites for hydroxylation is 2. The maximum atomic E-state index is 5.93. The number of ether oxygens (including phenoxy) is 1. The summed E-state index contributed by atoms with van der Waals surface area (Å²) in [7, 11) is 0. The highest BCUT2D eigenvalue weighted by Gasteiger charge is 2.42. The van der Waals surface area contributed by atoms with Gasteiger partial charge in [0.25, 0.3) is 0 Å². The summed E-state index contributed by atoms with van der Waals surface area (Å²) < 4.78 is 5.93. The summed E-state index contributed by atoms with van der Waals surface area (Å²) in [6, 6.07) is 6.84. The van der Waals surface area contributed by atoms with E-state index in [4.69, 9.17) is 4.74 Å². The summed E-state index contributed by atoms with van der Waals surface area (Å²) >= 11 is 0. The van der Waals surface area contributed by atoms with Crippen LogP contribution >= 0.6 is 0 Å². The first kappa shape index (κ1) is 11.3. The molecule has 2 aliphatic rings. The minimum atomic E-state index is 0.574. The van der Waals surface area contributed by atoms with E-state index in [0.717, 1.165) is 18.4 Å². The Balaban J connectivity index is 1.67. The van der Waals surface area contributed by atoms with Gasteiger partial charge in [0.15, 0.2) is 0 Å². The van der Waals surface area contributed by atoms with Crippen LogP contribution in [0.3, 0.4) is 0 Å². The van der Waals surface area contributed by atoms with Gasteiger partial charge in [0, 0.05) is 6.61 Å². The first-order chi connectivity index (χ1) is 8.24. The predicted octanol–water partition coefficient (Wildman–Crippen LogP) is 3.66. The van der Waals surface area contributed by atoms with Gasteiger partial charge < -0.3 is 4.74 Å². The molecule has 2 fully saturated rings. The smallest absolute Gasteiger partial charge is 0.0634 e. The van der Waals surface area contributed by atoms with Crippen LogP contribution in [0.1, 0.15) is 36.0 Å². The molecule has 3 rings (SSSR count). The number of benzene rings is 1. The van der Waals surface area contributed by atoms with E-state index in [2.05, 4.69) is 32.0 Å². The van der Waals surface area contributed by atoms with Crippen LogP contribution in [0.25, 0.3) is 0 Å². The van der Waals surface area contributed by atoms with Crippen molar-refractivity contribution in [2.45, 2.75) is 45.6 Å². The van der Waals surface area contributed by atoms with E-state index in [0.29, 0.717) is 6.10 Å². The second-order valence-corrected chi connectivity index (χ2v) is 5.87. The van der Waals surface area contributed by atoms with Crippen molar-refractivity contribution in [1.29, 1.82) is 0 Å². The summed E-state index contributed by atoms with van der Waals surface area (Å²) in [5, 5.41) is 0. The lowest BCUT2D eigenvalue weighted by molar-refractivity contribution is -0.126. The van der Waals surface area contributed by atoms with Crippen LogP contribution in [0.15, 0.2) is 18.2 Å². The van der Waals surface area contributed by atoms with E-state index in [1.54, 1.807) is 0 Å². The lowest BCUT2D eigenvalue weighted by Crippen LogP contribution is -2.47. The molecule has 1 aliphatic heterocycles. The molecule has 92 valence electrons. The highest BCUT2D eigenvalue weighted by molar-refractivity contribution is 5.31. The van der Waals surface area contributed by atoms with Crippen molar-refractivity contribution in [3.63, 3.8) is 0 Å². The molecule has 0 spiro atoms. The third kappa shape index (κ3) is 2.13. The SMILES string of the molecule is Cc1ccc(C[C@H]2C[C@H]3CCCO[C@H]32)c(C)c1. The van der Waals surface area contributed by atoms with Crippen LogP contribution in [0.5, 0.6) is 0 Å². The summed E-state index contributed by atoms with van der Waals surface area (Å²) in [5.74, 6) is 1.65. The second kappa shape index (κ2) is 4.45. The molecule has 1 aromatic carbocycles. The number of hydrogen-bond acceptors (Lipinski definition) is 1. The van der Waals surface area contributed by atoms with Crippen molar-refractivity contribution < 1.29 is 4.74 Å². The molecule has 0 unspecified atom stereocenters. The normalized spacial score (nSPS) is 31.8. The molecule has 0 bridgehead atoms. The van der Waals surface area contributed by atoms with Crippen molar-refractivity contribution in [2.24, 2.45) is 11.8 Å². The molecular weight excluding hydrogens is 208 g/mol. The number of hydrogen-bond donors (Lipinski definition) is 0. The molecule has 1 heterocycles. The summed E-state index contributed by atoms with van der Waals surface area (Å²) in [6.45, 7) is 5.39. The van der Waals surface area contributed by atoms with Crippen LogP contribution in [0, 0.1) is 25.7 Å².